The third kappa shape index (κ3) is 4.27. The van der Waals surface area contributed by atoms with Crippen LogP contribution in [0.2, 0.25) is 0 Å². The summed E-state index contributed by atoms with van der Waals surface area (Å²) >= 11 is 0. The lowest BCUT2D eigenvalue weighted by molar-refractivity contribution is 0.673. The largest absolute Gasteiger partial charge is 0.455 e. The molecule has 0 saturated heterocycles. The minimum absolute atomic E-state index is 0.674. The van der Waals surface area contributed by atoms with Crippen molar-refractivity contribution in [1.29, 1.82) is 0 Å². The Bertz CT molecular complexity index is 2460. The summed E-state index contributed by atoms with van der Waals surface area (Å²) < 4.78 is 6.67. The first-order valence-electron chi connectivity index (χ1n) is 15.0. The summed E-state index contributed by atoms with van der Waals surface area (Å²) in [6, 6.07) is 51.9. The average Bonchev–Trinajstić information content (AvgIpc) is 3.50. The highest BCUT2D eigenvalue weighted by atomic mass is 16.3. The highest BCUT2D eigenvalue weighted by Gasteiger charge is 2.18. The molecule has 0 amide bonds. The van der Waals surface area contributed by atoms with Crippen LogP contribution in [0.5, 0.6) is 0 Å². The molecule has 9 rings (SSSR count). The van der Waals surface area contributed by atoms with E-state index in [2.05, 4.69) is 97.1 Å². The number of furan rings is 1. The van der Waals surface area contributed by atoms with Gasteiger partial charge in [-0.05, 0) is 36.4 Å². The summed E-state index contributed by atoms with van der Waals surface area (Å²) in [5, 5.41) is 5.30. The maximum atomic E-state index is 6.67. The van der Waals surface area contributed by atoms with Gasteiger partial charge in [0.15, 0.2) is 5.82 Å². The first-order valence-corrected chi connectivity index (χ1v) is 15.0. The molecule has 0 aliphatic rings. The Morgan fingerprint density at radius 2 is 1.00 bits per heavy atom. The number of nitrogens with zero attached hydrogens (tertiary/aromatic N) is 3. The molecular formula is C41H25N3O. The van der Waals surface area contributed by atoms with Gasteiger partial charge in [0.05, 0.1) is 22.6 Å². The highest BCUT2D eigenvalue weighted by molar-refractivity contribution is 6.24. The predicted octanol–water partition coefficient (Wildman–Crippen LogP) is 10.7. The van der Waals surface area contributed by atoms with Crippen LogP contribution in [0, 0.1) is 0 Å². The lowest BCUT2D eigenvalue weighted by atomic mass is 9.97. The number of para-hydroxylation sites is 1. The summed E-state index contributed by atoms with van der Waals surface area (Å²) in [6.07, 6.45) is 0. The monoisotopic (exact) mass is 575 g/mol. The van der Waals surface area contributed by atoms with Gasteiger partial charge < -0.3 is 4.42 Å². The molecule has 3 aromatic heterocycles. The van der Waals surface area contributed by atoms with Gasteiger partial charge >= 0.3 is 0 Å². The van der Waals surface area contributed by atoms with Crippen LogP contribution in [-0.4, -0.2) is 15.0 Å². The predicted molar refractivity (Wildman–Crippen MR) is 184 cm³/mol. The van der Waals surface area contributed by atoms with Crippen LogP contribution in [0.3, 0.4) is 0 Å². The Balaban J connectivity index is 1.28. The molecule has 0 fully saturated rings. The van der Waals surface area contributed by atoms with Crippen molar-refractivity contribution in [3.05, 3.63) is 152 Å². The molecule has 0 unspecified atom stereocenters. The van der Waals surface area contributed by atoms with Crippen molar-refractivity contribution in [3.63, 3.8) is 0 Å². The van der Waals surface area contributed by atoms with Crippen LogP contribution >= 0.6 is 0 Å². The minimum Gasteiger partial charge on any atom is -0.455 e. The molecule has 0 radical (unpaired) electrons. The Hall–Kier alpha value is -6.13. The Kier molecular flexibility index (Phi) is 5.78. The molecule has 9 aromatic rings. The second-order valence-electron chi connectivity index (χ2n) is 11.2. The number of fused-ring (bicyclic) bond motifs is 7. The summed E-state index contributed by atoms with van der Waals surface area (Å²) in [4.78, 5) is 15.2. The molecule has 4 heteroatoms. The summed E-state index contributed by atoms with van der Waals surface area (Å²) in [5.41, 5.74) is 9.46. The number of benzene rings is 6. The molecule has 3 heterocycles. The SMILES string of the molecule is c1ccc(-c2cc(-c3ccccc3)nc(-c3ccc4oc5c(ccc6c(-c7ccccc7)nc7ccccc7c65)c4c3)n2)cc1. The molecular weight excluding hydrogens is 550 g/mol. The minimum atomic E-state index is 0.674. The van der Waals surface area contributed by atoms with Gasteiger partial charge in [-0.2, -0.15) is 0 Å². The first-order chi connectivity index (χ1) is 22.3. The van der Waals surface area contributed by atoms with E-state index < -0.39 is 0 Å². The van der Waals surface area contributed by atoms with E-state index in [0.717, 1.165) is 82.9 Å². The van der Waals surface area contributed by atoms with E-state index in [1.54, 1.807) is 0 Å². The normalized spacial score (nSPS) is 11.6. The molecule has 0 bridgehead atoms. The third-order valence-electron chi connectivity index (χ3n) is 8.47. The number of pyridine rings is 1. The van der Waals surface area contributed by atoms with Crippen LogP contribution in [0.1, 0.15) is 0 Å². The first kappa shape index (κ1) is 25.4. The fraction of sp³-hybridized carbons (Fsp3) is 0. The van der Waals surface area contributed by atoms with E-state index in [0.29, 0.717) is 5.82 Å². The topological polar surface area (TPSA) is 51.8 Å². The van der Waals surface area contributed by atoms with E-state index >= 15 is 0 Å². The lowest BCUT2D eigenvalue weighted by Gasteiger charge is -2.10. The van der Waals surface area contributed by atoms with Crippen LogP contribution in [0.4, 0.5) is 0 Å². The van der Waals surface area contributed by atoms with E-state index in [1.807, 2.05) is 54.6 Å². The zero-order valence-corrected chi connectivity index (χ0v) is 24.2. The molecule has 45 heavy (non-hydrogen) atoms. The van der Waals surface area contributed by atoms with E-state index in [-0.39, 0.29) is 0 Å². The van der Waals surface area contributed by atoms with Crippen molar-refractivity contribution in [2.24, 2.45) is 0 Å². The van der Waals surface area contributed by atoms with Gasteiger partial charge in [0.2, 0.25) is 0 Å². The maximum Gasteiger partial charge on any atom is 0.160 e. The Morgan fingerprint density at radius 1 is 0.400 bits per heavy atom. The average molecular weight is 576 g/mol. The number of rotatable bonds is 4. The molecule has 0 aliphatic carbocycles. The third-order valence-corrected chi connectivity index (χ3v) is 8.47. The second-order valence-corrected chi connectivity index (χ2v) is 11.2. The van der Waals surface area contributed by atoms with Gasteiger partial charge in [-0.3, -0.25) is 0 Å². The molecule has 210 valence electrons. The zero-order chi connectivity index (χ0) is 29.7. The van der Waals surface area contributed by atoms with Crippen molar-refractivity contribution in [1.82, 2.24) is 15.0 Å². The van der Waals surface area contributed by atoms with Crippen molar-refractivity contribution >= 4 is 43.6 Å². The van der Waals surface area contributed by atoms with Crippen molar-refractivity contribution < 1.29 is 4.42 Å². The van der Waals surface area contributed by atoms with Crippen molar-refractivity contribution in [3.8, 4) is 45.2 Å². The molecule has 0 atom stereocenters. The van der Waals surface area contributed by atoms with Gasteiger partial charge in [-0.15, -0.1) is 0 Å². The fourth-order valence-electron chi connectivity index (χ4n) is 6.31. The molecule has 0 aliphatic heterocycles. The number of hydrogen-bond donors (Lipinski definition) is 0. The molecule has 4 nitrogen and oxygen atoms in total. The fourth-order valence-corrected chi connectivity index (χ4v) is 6.31. The molecule has 0 saturated carbocycles. The zero-order valence-electron chi connectivity index (χ0n) is 24.2. The van der Waals surface area contributed by atoms with Gasteiger partial charge in [-0.25, -0.2) is 15.0 Å². The van der Waals surface area contributed by atoms with Crippen LogP contribution in [0.15, 0.2) is 156 Å². The van der Waals surface area contributed by atoms with Crippen molar-refractivity contribution in [2.45, 2.75) is 0 Å². The highest BCUT2D eigenvalue weighted by Crippen LogP contribution is 2.41. The van der Waals surface area contributed by atoms with Crippen molar-refractivity contribution in [2.75, 3.05) is 0 Å². The van der Waals surface area contributed by atoms with Crippen LogP contribution in [0.25, 0.3) is 88.8 Å². The lowest BCUT2D eigenvalue weighted by Crippen LogP contribution is -1.95. The van der Waals surface area contributed by atoms with Gasteiger partial charge in [0, 0.05) is 49.2 Å². The van der Waals surface area contributed by atoms with Crippen LogP contribution in [-0.2, 0) is 0 Å². The smallest absolute Gasteiger partial charge is 0.160 e. The summed E-state index contributed by atoms with van der Waals surface area (Å²) in [6.45, 7) is 0. The standard InChI is InChI=1S/C41H25N3O/c1-4-12-26(13-5-1)35-25-36(27-14-6-2-7-15-27)44-41(43-35)29-20-23-37-33(24-29)30-21-22-32-38(40(30)45-37)31-18-10-11-19-34(31)42-39(32)28-16-8-3-9-17-28/h1-25H. The van der Waals surface area contributed by atoms with Gasteiger partial charge in [0.25, 0.3) is 0 Å². The summed E-state index contributed by atoms with van der Waals surface area (Å²) in [7, 11) is 0. The Morgan fingerprint density at radius 3 is 1.69 bits per heavy atom. The maximum absolute atomic E-state index is 6.67. The number of hydrogen-bond acceptors (Lipinski definition) is 4. The molecule has 6 aromatic carbocycles. The summed E-state index contributed by atoms with van der Waals surface area (Å²) in [5.74, 6) is 0.674. The number of aromatic nitrogens is 3. The molecule has 0 N–H and O–H groups in total. The van der Waals surface area contributed by atoms with E-state index in [4.69, 9.17) is 19.4 Å². The quantitative estimate of drug-likeness (QED) is 0.196. The Labute approximate surface area is 259 Å². The van der Waals surface area contributed by atoms with Gasteiger partial charge in [0.1, 0.15) is 11.2 Å². The van der Waals surface area contributed by atoms with E-state index in [1.165, 1.54) is 0 Å². The second kappa shape index (κ2) is 10.2. The molecule has 0 spiro atoms. The van der Waals surface area contributed by atoms with Crippen LogP contribution < -0.4 is 0 Å². The van der Waals surface area contributed by atoms with Gasteiger partial charge in [-0.1, -0.05) is 115 Å². The van der Waals surface area contributed by atoms with E-state index in [9.17, 15) is 0 Å².